The molecule has 0 unspecified atom stereocenters. The molecule has 0 atom stereocenters. The van der Waals surface area contributed by atoms with Crippen molar-refractivity contribution in [3.8, 4) is 11.1 Å². The van der Waals surface area contributed by atoms with Gasteiger partial charge in [-0.15, -0.1) is 0 Å². The zero-order chi connectivity index (χ0) is 29.1. The Morgan fingerprint density at radius 1 is 0.512 bits per heavy atom. The van der Waals surface area contributed by atoms with Gasteiger partial charge in [-0.1, -0.05) is 164 Å². The molecule has 6 aromatic carbocycles. The van der Waals surface area contributed by atoms with Gasteiger partial charge in [-0.05, 0) is 38.9 Å². The van der Waals surface area contributed by atoms with Gasteiger partial charge in [0, 0.05) is 11.1 Å². The van der Waals surface area contributed by atoms with Crippen molar-refractivity contribution in [2.45, 2.75) is 12.0 Å². The topological polar surface area (TPSA) is 50.7 Å². The minimum absolute atomic E-state index is 0.438. The van der Waals surface area contributed by atoms with E-state index in [9.17, 15) is 0 Å². The van der Waals surface area contributed by atoms with Crippen LogP contribution in [0.4, 0.5) is 0 Å². The maximum Gasteiger partial charge on any atom is 0.157 e. The first kappa shape index (κ1) is 26.4. The van der Waals surface area contributed by atoms with Crippen LogP contribution in [0.1, 0.15) is 38.9 Å². The van der Waals surface area contributed by atoms with Gasteiger partial charge in [0.05, 0.1) is 12.0 Å². The minimum atomic E-state index is -0.438. The molecule has 0 aromatic heterocycles. The number of aliphatic imine (C=N–C) groups is 2. The highest BCUT2D eigenvalue weighted by molar-refractivity contribution is 6.10. The average Bonchev–Trinajstić information content (AvgIpc) is 3.38. The maximum absolute atomic E-state index is 6.46. The molecule has 0 fully saturated rings. The predicted molar refractivity (Wildman–Crippen MR) is 178 cm³/mol. The van der Waals surface area contributed by atoms with Gasteiger partial charge in [0.1, 0.15) is 5.84 Å². The Hall–Kier alpha value is -5.54. The Labute approximate surface area is 252 Å². The van der Waals surface area contributed by atoms with Crippen molar-refractivity contribution >= 4 is 11.7 Å². The summed E-state index contributed by atoms with van der Waals surface area (Å²) < 4.78 is 0. The first-order chi connectivity index (χ1) is 21.2. The van der Waals surface area contributed by atoms with E-state index < -0.39 is 5.41 Å². The largest absolute Gasteiger partial charge is 0.383 e. The Balaban J connectivity index is 1.37. The lowest BCUT2D eigenvalue weighted by Crippen LogP contribution is -2.28. The minimum Gasteiger partial charge on any atom is -0.383 e. The summed E-state index contributed by atoms with van der Waals surface area (Å²) in [5.41, 5.74) is 16.5. The van der Waals surface area contributed by atoms with Crippen LogP contribution in [0.2, 0.25) is 0 Å². The van der Waals surface area contributed by atoms with Gasteiger partial charge in [-0.25, -0.2) is 4.99 Å². The summed E-state index contributed by atoms with van der Waals surface area (Å²) in [6.45, 7) is 0.471. The number of rotatable bonds is 6. The third-order valence-corrected chi connectivity index (χ3v) is 8.26. The van der Waals surface area contributed by atoms with Crippen molar-refractivity contribution in [1.29, 1.82) is 0 Å². The molecule has 43 heavy (non-hydrogen) atoms. The van der Waals surface area contributed by atoms with Gasteiger partial charge in [0.15, 0.2) is 5.84 Å². The Bertz CT molecular complexity index is 1890. The van der Waals surface area contributed by atoms with E-state index in [1.54, 1.807) is 0 Å². The summed E-state index contributed by atoms with van der Waals surface area (Å²) >= 11 is 0. The molecule has 3 nitrogen and oxygen atoms in total. The van der Waals surface area contributed by atoms with Crippen LogP contribution in [0.3, 0.4) is 0 Å². The van der Waals surface area contributed by atoms with E-state index in [1.807, 2.05) is 60.7 Å². The molecule has 0 amide bonds. The van der Waals surface area contributed by atoms with Crippen LogP contribution in [0.15, 0.2) is 174 Å². The summed E-state index contributed by atoms with van der Waals surface area (Å²) in [5, 5.41) is 0. The van der Waals surface area contributed by atoms with Crippen molar-refractivity contribution in [2.75, 3.05) is 0 Å². The van der Waals surface area contributed by atoms with Crippen LogP contribution < -0.4 is 5.73 Å². The van der Waals surface area contributed by atoms with Crippen LogP contribution in [-0.2, 0) is 12.0 Å². The van der Waals surface area contributed by atoms with Crippen molar-refractivity contribution in [2.24, 2.45) is 15.7 Å². The third kappa shape index (κ3) is 4.75. The monoisotopic (exact) mass is 553 g/mol. The van der Waals surface area contributed by atoms with Gasteiger partial charge in [0.2, 0.25) is 0 Å². The third-order valence-electron chi connectivity index (χ3n) is 8.26. The highest BCUT2D eigenvalue weighted by Crippen LogP contribution is 2.56. The van der Waals surface area contributed by atoms with Crippen molar-refractivity contribution in [1.82, 2.24) is 0 Å². The lowest BCUT2D eigenvalue weighted by Gasteiger charge is -2.34. The molecule has 0 saturated heterocycles. The average molecular weight is 554 g/mol. The first-order valence-corrected chi connectivity index (χ1v) is 14.6. The van der Waals surface area contributed by atoms with Crippen LogP contribution in [0.5, 0.6) is 0 Å². The molecule has 0 aliphatic heterocycles. The van der Waals surface area contributed by atoms with Crippen LogP contribution in [0.25, 0.3) is 11.1 Å². The molecule has 6 aromatic rings. The highest BCUT2D eigenvalue weighted by atomic mass is 15.0. The predicted octanol–water partition coefficient (Wildman–Crippen LogP) is 8.40. The van der Waals surface area contributed by atoms with Crippen LogP contribution >= 0.6 is 0 Å². The van der Waals surface area contributed by atoms with E-state index in [4.69, 9.17) is 15.7 Å². The lowest BCUT2D eigenvalue weighted by molar-refractivity contribution is 0.766. The van der Waals surface area contributed by atoms with Crippen molar-refractivity contribution in [3.63, 3.8) is 0 Å². The van der Waals surface area contributed by atoms with Crippen molar-refractivity contribution in [3.05, 3.63) is 203 Å². The number of fused-ring (bicyclic) bond motifs is 3. The quantitative estimate of drug-likeness (QED) is 0.163. The van der Waals surface area contributed by atoms with Gasteiger partial charge in [-0.3, -0.25) is 4.99 Å². The molecule has 1 aliphatic carbocycles. The number of nitrogens with zero attached hydrogens (tertiary/aromatic N) is 2. The maximum atomic E-state index is 6.46. The molecule has 206 valence electrons. The highest BCUT2D eigenvalue weighted by Gasteiger charge is 2.45. The molecular formula is C40H31N3. The van der Waals surface area contributed by atoms with Gasteiger partial charge in [-0.2, -0.15) is 0 Å². The smallest absolute Gasteiger partial charge is 0.157 e. The molecular weight excluding hydrogens is 522 g/mol. The fourth-order valence-electron chi connectivity index (χ4n) is 6.32. The fraction of sp³-hybridized carbons (Fsp3) is 0.0500. The molecule has 0 saturated carbocycles. The molecule has 2 N–H and O–H groups in total. The molecule has 1 aliphatic rings. The summed E-state index contributed by atoms with van der Waals surface area (Å²) in [6, 6.07) is 57.2. The zero-order valence-electron chi connectivity index (χ0n) is 23.8. The van der Waals surface area contributed by atoms with E-state index in [1.165, 1.54) is 33.4 Å². The van der Waals surface area contributed by atoms with E-state index >= 15 is 0 Å². The number of hydrogen-bond donors (Lipinski definition) is 1. The molecule has 7 rings (SSSR count). The summed E-state index contributed by atoms with van der Waals surface area (Å²) in [5.74, 6) is 1.06. The molecule has 0 radical (unpaired) electrons. The summed E-state index contributed by atoms with van der Waals surface area (Å²) in [6.07, 6.45) is 0. The standard InChI is InChI=1S/C40H31N3/c41-38(30-15-5-1-6-16-30)43-39(31-17-7-2-8-18-31)42-28-29-25-26-35-34-23-13-14-24-36(34)40(37(35)27-29,32-19-9-3-10-20-32)33-21-11-4-12-22-33/h1-27H,28H2,(H2,41,42,43). The molecule has 0 spiro atoms. The van der Waals surface area contributed by atoms with Crippen molar-refractivity contribution < 1.29 is 0 Å². The molecule has 0 heterocycles. The Morgan fingerprint density at radius 2 is 1.02 bits per heavy atom. The number of amidine groups is 2. The normalized spacial score (nSPS) is 13.8. The number of benzene rings is 6. The van der Waals surface area contributed by atoms with Gasteiger partial charge >= 0.3 is 0 Å². The summed E-state index contributed by atoms with van der Waals surface area (Å²) in [4.78, 5) is 9.85. The number of nitrogens with two attached hydrogens (primary N) is 1. The Morgan fingerprint density at radius 3 is 1.65 bits per heavy atom. The zero-order valence-corrected chi connectivity index (χ0v) is 23.8. The van der Waals surface area contributed by atoms with E-state index in [0.717, 1.165) is 16.7 Å². The Kier molecular flexibility index (Phi) is 6.98. The van der Waals surface area contributed by atoms with E-state index in [2.05, 4.69) is 103 Å². The van der Waals surface area contributed by atoms with Crippen LogP contribution in [-0.4, -0.2) is 11.7 Å². The first-order valence-electron chi connectivity index (χ1n) is 14.6. The molecule has 3 heteroatoms. The van der Waals surface area contributed by atoms with Gasteiger partial charge < -0.3 is 5.73 Å². The van der Waals surface area contributed by atoms with Crippen LogP contribution in [0, 0.1) is 0 Å². The second kappa shape index (κ2) is 11.4. The molecule has 0 bridgehead atoms. The summed E-state index contributed by atoms with van der Waals surface area (Å²) in [7, 11) is 0. The fourth-order valence-corrected chi connectivity index (χ4v) is 6.32. The lowest BCUT2D eigenvalue weighted by atomic mass is 9.67. The SMILES string of the molecule is N/C(=N\C(=N/Cc1ccc2c(c1)C(c1ccccc1)(c1ccccc1)c1ccccc1-2)c1ccccc1)c1ccccc1. The second-order valence-electron chi connectivity index (χ2n) is 10.8. The number of hydrogen-bond acceptors (Lipinski definition) is 1. The van der Waals surface area contributed by atoms with E-state index in [0.29, 0.717) is 18.2 Å². The van der Waals surface area contributed by atoms with Gasteiger partial charge in [0.25, 0.3) is 0 Å². The second-order valence-corrected chi connectivity index (χ2v) is 10.8. The van der Waals surface area contributed by atoms with E-state index in [-0.39, 0.29) is 0 Å².